The minimum absolute atomic E-state index is 0.0446. The average Bonchev–Trinajstić information content (AvgIpc) is 3.52. The Labute approximate surface area is 163 Å². The smallest absolute Gasteiger partial charge is 0.252 e. The normalized spacial score (nSPS) is 17.6. The van der Waals surface area contributed by atoms with Crippen molar-refractivity contribution >= 4 is 34.5 Å². The summed E-state index contributed by atoms with van der Waals surface area (Å²) in [6.45, 7) is 1.72. The molecule has 1 N–H and O–H groups in total. The first-order chi connectivity index (χ1) is 13.2. The SMILES string of the molecule is O=C(NC1CC1)c1cc(SCC(=O)N2CCCCCC2)nc2ccccc12. The van der Waals surface area contributed by atoms with E-state index in [-0.39, 0.29) is 11.8 Å². The van der Waals surface area contributed by atoms with E-state index in [2.05, 4.69) is 10.3 Å². The Morgan fingerprint density at radius 3 is 2.59 bits per heavy atom. The van der Waals surface area contributed by atoms with E-state index in [1.165, 1.54) is 24.6 Å². The van der Waals surface area contributed by atoms with Crippen LogP contribution in [0.2, 0.25) is 0 Å². The Morgan fingerprint density at radius 1 is 1.11 bits per heavy atom. The lowest BCUT2D eigenvalue weighted by Crippen LogP contribution is -2.33. The van der Waals surface area contributed by atoms with Crippen LogP contribution in [0.3, 0.4) is 0 Å². The van der Waals surface area contributed by atoms with Gasteiger partial charge in [-0.2, -0.15) is 0 Å². The molecule has 0 spiro atoms. The molecular formula is C21H25N3O2S. The molecule has 1 aromatic carbocycles. The zero-order chi connectivity index (χ0) is 18.6. The topological polar surface area (TPSA) is 62.3 Å². The van der Waals surface area contributed by atoms with Gasteiger partial charge in [-0.15, -0.1) is 0 Å². The molecule has 1 aromatic heterocycles. The maximum Gasteiger partial charge on any atom is 0.252 e. The second-order valence-corrected chi connectivity index (χ2v) is 8.35. The highest BCUT2D eigenvalue weighted by Crippen LogP contribution is 2.26. The van der Waals surface area contributed by atoms with E-state index in [0.717, 1.165) is 54.7 Å². The van der Waals surface area contributed by atoms with Crippen molar-refractivity contribution in [2.45, 2.75) is 49.6 Å². The number of fused-ring (bicyclic) bond motifs is 1. The zero-order valence-electron chi connectivity index (χ0n) is 15.4. The molecule has 6 heteroatoms. The van der Waals surface area contributed by atoms with Crippen molar-refractivity contribution in [2.75, 3.05) is 18.8 Å². The van der Waals surface area contributed by atoms with Gasteiger partial charge in [-0.3, -0.25) is 9.59 Å². The molecule has 5 nitrogen and oxygen atoms in total. The summed E-state index contributed by atoms with van der Waals surface area (Å²) in [5.41, 5.74) is 1.45. The first-order valence-corrected chi connectivity index (χ1v) is 10.8. The summed E-state index contributed by atoms with van der Waals surface area (Å²) in [7, 11) is 0. The van der Waals surface area contributed by atoms with E-state index in [0.29, 0.717) is 17.4 Å². The number of benzene rings is 1. The fraction of sp³-hybridized carbons (Fsp3) is 0.476. The Bertz CT molecular complexity index is 842. The highest BCUT2D eigenvalue weighted by atomic mass is 32.2. The first kappa shape index (κ1) is 18.3. The molecule has 1 saturated heterocycles. The molecular weight excluding hydrogens is 358 g/mol. The van der Waals surface area contributed by atoms with Gasteiger partial charge in [0, 0.05) is 24.5 Å². The highest BCUT2D eigenvalue weighted by molar-refractivity contribution is 7.99. The molecule has 0 bridgehead atoms. The van der Waals surface area contributed by atoms with Gasteiger partial charge in [-0.25, -0.2) is 4.98 Å². The van der Waals surface area contributed by atoms with Crippen molar-refractivity contribution in [3.63, 3.8) is 0 Å². The van der Waals surface area contributed by atoms with Crippen molar-refractivity contribution in [3.8, 4) is 0 Å². The zero-order valence-corrected chi connectivity index (χ0v) is 16.3. The van der Waals surface area contributed by atoms with Crippen LogP contribution in [0.25, 0.3) is 10.9 Å². The quantitative estimate of drug-likeness (QED) is 0.801. The van der Waals surface area contributed by atoms with Crippen LogP contribution in [0, 0.1) is 0 Å². The summed E-state index contributed by atoms with van der Waals surface area (Å²) in [4.78, 5) is 31.9. The fourth-order valence-corrected chi connectivity index (χ4v) is 4.27. The van der Waals surface area contributed by atoms with Gasteiger partial charge < -0.3 is 10.2 Å². The summed E-state index contributed by atoms with van der Waals surface area (Å²) >= 11 is 1.43. The molecule has 2 fully saturated rings. The molecule has 0 unspecified atom stereocenters. The monoisotopic (exact) mass is 383 g/mol. The van der Waals surface area contributed by atoms with Gasteiger partial charge in [0.1, 0.15) is 0 Å². The molecule has 27 heavy (non-hydrogen) atoms. The molecule has 1 saturated carbocycles. The van der Waals surface area contributed by atoms with E-state index < -0.39 is 0 Å². The lowest BCUT2D eigenvalue weighted by molar-refractivity contribution is -0.128. The van der Waals surface area contributed by atoms with Crippen molar-refractivity contribution in [2.24, 2.45) is 0 Å². The first-order valence-electron chi connectivity index (χ1n) is 9.82. The number of carbonyl (C=O) groups excluding carboxylic acids is 2. The van der Waals surface area contributed by atoms with E-state index in [9.17, 15) is 9.59 Å². The molecule has 1 aliphatic heterocycles. The van der Waals surface area contributed by atoms with Gasteiger partial charge in [0.25, 0.3) is 5.91 Å². The van der Waals surface area contributed by atoms with E-state index >= 15 is 0 Å². The number of thioether (sulfide) groups is 1. The third kappa shape index (κ3) is 4.61. The van der Waals surface area contributed by atoms with Gasteiger partial charge >= 0.3 is 0 Å². The van der Waals surface area contributed by atoms with Crippen molar-refractivity contribution in [1.82, 2.24) is 15.2 Å². The summed E-state index contributed by atoms with van der Waals surface area (Å²) in [6, 6.07) is 9.85. The number of nitrogens with one attached hydrogen (secondary N) is 1. The Balaban J connectivity index is 1.50. The number of para-hydroxylation sites is 1. The number of likely N-dealkylation sites (tertiary alicyclic amines) is 1. The third-order valence-electron chi connectivity index (χ3n) is 5.15. The highest BCUT2D eigenvalue weighted by Gasteiger charge is 2.25. The van der Waals surface area contributed by atoms with Gasteiger partial charge in [0.15, 0.2) is 0 Å². The molecule has 2 aromatic rings. The molecule has 0 atom stereocenters. The van der Waals surface area contributed by atoms with Crippen LogP contribution >= 0.6 is 11.8 Å². The largest absolute Gasteiger partial charge is 0.349 e. The van der Waals surface area contributed by atoms with Crippen LogP contribution in [-0.2, 0) is 4.79 Å². The number of amides is 2. The van der Waals surface area contributed by atoms with Gasteiger partial charge in [-0.1, -0.05) is 42.8 Å². The minimum atomic E-state index is -0.0446. The molecule has 142 valence electrons. The van der Waals surface area contributed by atoms with Gasteiger partial charge in [-0.05, 0) is 37.8 Å². The second-order valence-electron chi connectivity index (χ2n) is 7.36. The van der Waals surface area contributed by atoms with Crippen LogP contribution in [0.15, 0.2) is 35.4 Å². The van der Waals surface area contributed by atoms with Crippen molar-refractivity contribution < 1.29 is 9.59 Å². The fourth-order valence-electron chi connectivity index (χ4n) is 3.45. The lowest BCUT2D eigenvalue weighted by atomic mass is 10.1. The predicted molar refractivity (Wildman–Crippen MR) is 108 cm³/mol. The van der Waals surface area contributed by atoms with Crippen LogP contribution in [-0.4, -0.2) is 46.6 Å². The van der Waals surface area contributed by atoms with Gasteiger partial charge in [0.05, 0.1) is 21.9 Å². The van der Waals surface area contributed by atoms with Crippen LogP contribution in [0.1, 0.15) is 48.9 Å². The maximum absolute atomic E-state index is 12.7. The lowest BCUT2D eigenvalue weighted by Gasteiger charge is -2.20. The summed E-state index contributed by atoms with van der Waals surface area (Å²) in [5.74, 6) is 0.493. The van der Waals surface area contributed by atoms with Crippen LogP contribution in [0.4, 0.5) is 0 Å². The van der Waals surface area contributed by atoms with E-state index in [1.807, 2.05) is 35.2 Å². The summed E-state index contributed by atoms with van der Waals surface area (Å²) in [6.07, 6.45) is 6.72. The van der Waals surface area contributed by atoms with Crippen molar-refractivity contribution in [1.29, 1.82) is 0 Å². The van der Waals surface area contributed by atoms with Gasteiger partial charge in [0.2, 0.25) is 5.91 Å². The molecule has 1 aliphatic carbocycles. The molecule has 2 amide bonds. The number of carbonyl (C=O) groups is 2. The number of hydrogen-bond acceptors (Lipinski definition) is 4. The molecule has 2 aliphatic rings. The Kier molecular flexibility index (Phi) is 5.62. The summed E-state index contributed by atoms with van der Waals surface area (Å²) < 4.78 is 0. The third-order valence-corrected chi connectivity index (χ3v) is 6.05. The average molecular weight is 384 g/mol. The molecule has 4 rings (SSSR count). The maximum atomic E-state index is 12.7. The number of hydrogen-bond donors (Lipinski definition) is 1. The second kappa shape index (κ2) is 8.30. The Morgan fingerprint density at radius 2 is 1.85 bits per heavy atom. The molecule has 0 radical (unpaired) electrons. The number of aromatic nitrogens is 1. The minimum Gasteiger partial charge on any atom is -0.349 e. The standard InChI is InChI=1S/C21H25N3O2S/c25-20(24-11-5-1-2-6-12-24)14-27-19-13-17(21(26)22-15-9-10-15)16-7-3-4-8-18(16)23-19/h3-4,7-8,13,15H,1-2,5-6,9-12,14H2,(H,22,26). The van der Waals surface area contributed by atoms with Crippen LogP contribution < -0.4 is 5.32 Å². The van der Waals surface area contributed by atoms with E-state index in [1.54, 1.807) is 0 Å². The Hall–Kier alpha value is -2.08. The number of nitrogens with zero attached hydrogens (tertiary/aromatic N) is 2. The van der Waals surface area contributed by atoms with Crippen LogP contribution in [0.5, 0.6) is 0 Å². The predicted octanol–water partition coefficient (Wildman–Crippen LogP) is 3.62. The number of pyridine rings is 1. The van der Waals surface area contributed by atoms with E-state index in [4.69, 9.17) is 0 Å². The van der Waals surface area contributed by atoms with Crippen molar-refractivity contribution in [3.05, 3.63) is 35.9 Å². The summed E-state index contributed by atoms with van der Waals surface area (Å²) in [5, 5.41) is 4.66. The number of rotatable bonds is 5. The molecule has 2 heterocycles.